The molecule has 0 unspecified atom stereocenters. The van der Waals surface area contributed by atoms with Gasteiger partial charge in [0, 0.05) is 17.5 Å². The van der Waals surface area contributed by atoms with Gasteiger partial charge in [-0.15, -0.1) is 0 Å². The number of nitrogens with one attached hydrogen (secondary N) is 1. The van der Waals surface area contributed by atoms with Crippen LogP contribution in [0.3, 0.4) is 0 Å². The third-order valence-corrected chi connectivity index (χ3v) is 6.62. The van der Waals surface area contributed by atoms with Crippen molar-refractivity contribution in [2.24, 2.45) is 0 Å². The van der Waals surface area contributed by atoms with E-state index in [-0.39, 0.29) is 5.56 Å². The number of benzene rings is 3. The first-order chi connectivity index (χ1) is 19.0. The van der Waals surface area contributed by atoms with Crippen molar-refractivity contribution >= 4 is 5.78 Å². The summed E-state index contributed by atoms with van der Waals surface area (Å²) >= 11 is 0. The quantitative estimate of drug-likeness (QED) is 0.329. The Morgan fingerprint density at radius 3 is 2.49 bits per heavy atom. The minimum Gasteiger partial charge on any atom is -0.296 e. The lowest BCUT2D eigenvalue weighted by Crippen LogP contribution is -2.28. The molecule has 6 rings (SSSR count). The van der Waals surface area contributed by atoms with Crippen LogP contribution in [0.15, 0.2) is 93.2 Å². The summed E-state index contributed by atoms with van der Waals surface area (Å²) in [6, 6.07) is 21.3. The van der Waals surface area contributed by atoms with E-state index in [1.165, 1.54) is 23.0 Å². The van der Waals surface area contributed by atoms with Crippen LogP contribution in [0, 0.1) is 5.82 Å². The van der Waals surface area contributed by atoms with Gasteiger partial charge in [-0.25, -0.2) is 18.3 Å². The molecule has 3 heterocycles. The van der Waals surface area contributed by atoms with Crippen molar-refractivity contribution in [3.63, 3.8) is 0 Å². The predicted molar refractivity (Wildman–Crippen MR) is 143 cm³/mol. The average molecular weight is 523 g/mol. The van der Waals surface area contributed by atoms with E-state index in [1.807, 2.05) is 55.5 Å². The number of H-pyrrole nitrogens is 1. The Bertz CT molecular complexity index is 1920. The molecule has 10 heteroatoms. The summed E-state index contributed by atoms with van der Waals surface area (Å²) in [5.74, 6) is -0.369. The van der Waals surface area contributed by atoms with Gasteiger partial charge in [-0.2, -0.15) is 10.1 Å². The second kappa shape index (κ2) is 9.97. The third kappa shape index (κ3) is 4.46. The topological polar surface area (TPSA) is 111 Å². The zero-order valence-corrected chi connectivity index (χ0v) is 21.0. The Kier molecular flexibility index (Phi) is 6.20. The fourth-order valence-corrected chi connectivity index (χ4v) is 4.87. The number of hydrogen-bond donors (Lipinski definition) is 1. The highest BCUT2D eigenvalue weighted by Crippen LogP contribution is 2.30. The monoisotopic (exact) mass is 522 g/mol. The Morgan fingerprint density at radius 1 is 0.974 bits per heavy atom. The Hall–Kier alpha value is -5.12. The fraction of sp³-hybridized carbons (Fsp3) is 0.138. The number of aromatic nitrogens is 6. The van der Waals surface area contributed by atoms with E-state index >= 15 is 0 Å². The molecular weight excluding hydrogens is 499 g/mol. The molecule has 0 saturated carbocycles. The molecule has 0 spiro atoms. The van der Waals surface area contributed by atoms with Gasteiger partial charge >= 0.3 is 5.76 Å². The third-order valence-electron chi connectivity index (χ3n) is 6.62. The maximum Gasteiger partial charge on any atom is 0.439 e. The van der Waals surface area contributed by atoms with Gasteiger partial charge in [-0.1, -0.05) is 73.1 Å². The van der Waals surface area contributed by atoms with Crippen molar-refractivity contribution < 1.29 is 8.91 Å². The van der Waals surface area contributed by atoms with E-state index in [1.54, 1.807) is 16.6 Å². The molecule has 0 aliphatic heterocycles. The molecule has 39 heavy (non-hydrogen) atoms. The SMILES string of the molecule is CCCc1c(Cc2ccc(-c3ccccc3-c3noc(=O)[nH]3)cc2)c(=O)n(-c2cccc(F)c2)c2ncnn12. The van der Waals surface area contributed by atoms with Crippen LogP contribution < -0.4 is 11.3 Å². The van der Waals surface area contributed by atoms with Crippen LogP contribution in [-0.4, -0.2) is 29.3 Å². The first-order valence-electron chi connectivity index (χ1n) is 12.5. The molecule has 194 valence electrons. The number of fused-ring (bicyclic) bond motifs is 1. The van der Waals surface area contributed by atoms with E-state index in [4.69, 9.17) is 0 Å². The van der Waals surface area contributed by atoms with Gasteiger partial charge in [-0.3, -0.25) is 14.3 Å². The summed E-state index contributed by atoms with van der Waals surface area (Å²) in [6.07, 6.45) is 3.21. The van der Waals surface area contributed by atoms with Gasteiger partial charge in [0.25, 0.3) is 5.56 Å². The number of rotatable bonds is 7. The summed E-state index contributed by atoms with van der Waals surface area (Å²) in [5, 5.41) is 8.22. The predicted octanol–water partition coefficient (Wildman–Crippen LogP) is 4.57. The second-order valence-corrected chi connectivity index (χ2v) is 9.13. The average Bonchev–Trinajstić information content (AvgIpc) is 3.60. The molecule has 0 fully saturated rings. The maximum atomic E-state index is 14.1. The van der Waals surface area contributed by atoms with Crippen molar-refractivity contribution in [3.05, 3.63) is 123 Å². The number of aromatic amines is 1. The molecule has 0 aliphatic rings. The normalized spacial score (nSPS) is 11.3. The van der Waals surface area contributed by atoms with E-state index in [0.29, 0.717) is 35.7 Å². The summed E-state index contributed by atoms with van der Waals surface area (Å²) in [5.41, 5.74) is 4.93. The molecule has 3 aromatic carbocycles. The van der Waals surface area contributed by atoms with E-state index < -0.39 is 11.6 Å². The number of aryl methyl sites for hydroxylation is 1. The van der Waals surface area contributed by atoms with Crippen molar-refractivity contribution in [2.45, 2.75) is 26.2 Å². The van der Waals surface area contributed by atoms with Crippen LogP contribution >= 0.6 is 0 Å². The molecular formula is C29H23FN6O3. The Labute approximate surface area is 221 Å². The van der Waals surface area contributed by atoms with E-state index in [0.717, 1.165) is 34.4 Å². The molecule has 0 atom stereocenters. The van der Waals surface area contributed by atoms with Crippen LogP contribution in [0.5, 0.6) is 0 Å². The lowest BCUT2D eigenvalue weighted by molar-refractivity contribution is 0.388. The molecule has 6 aromatic rings. The Balaban J connectivity index is 1.43. The Morgan fingerprint density at radius 2 is 1.77 bits per heavy atom. The summed E-state index contributed by atoms with van der Waals surface area (Å²) < 4.78 is 21.9. The lowest BCUT2D eigenvalue weighted by Gasteiger charge is -2.16. The number of halogens is 1. The van der Waals surface area contributed by atoms with Crippen LogP contribution in [0.25, 0.3) is 34.0 Å². The zero-order valence-electron chi connectivity index (χ0n) is 21.0. The number of hydrogen-bond acceptors (Lipinski definition) is 6. The number of nitrogens with zero attached hydrogens (tertiary/aromatic N) is 5. The van der Waals surface area contributed by atoms with E-state index in [9.17, 15) is 14.0 Å². The molecule has 1 N–H and O–H groups in total. The van der Waals surface area contributed by atoms with Crippen molar-refractivity contribution in [1.82, 2.24) is 29.3 Å². The van der Waals surface area contributed by atoms with Gasteiger partial charge in [0.1, 0.15) is 12.1 Å². The van der Waals surface area contributed by atoms with Crippen LogP contribution in [0.2, 0.25) is 0 Å². The molecule has 0 bridgehead atoms. The standard InChI is InChI=1S/C29H23FN6O3/c1-2-6-25-24(27(37)35(28-31-17-32-36(25)28)21-8-5-7-20(30)16-21)15-18-11-13-19(14-12-18)22-9-3-4-10-23(22)26-33-29(38)39-34-26/h3-5,7-14,16-17H,2,6,15H2,1H3,(H,33,34,38). The molecule has 0 saturated heterocycles. The van der Waals surface area contributed by atoms with Crippen LogP contribution in [0.1, 0.15) is 30.2 Å². The zero-order chi connectivity index (χ0) is 26.9. The first kappa shape index (κ1) is 24.2. The van der Waals surface area contributed by atoms with Crippen LogP contribution in [-0.2, 0) is 12.8 Å². The largest absolute Gasteiger partial charge is 0.439 e. The maximum absolute atomic E-state index is 14.1. The highest BCUT2D eigenvalue weighted by atomic mass is 19.1. The summed E-state index contributed by atoms with van der Waals surface area (Å²) in [6.45, 7) is 2.04. The summed E-state index contributed by atoms with van der Waals surface area (Å²) in [4.78, 5) is 32.3. The van der Waals surface area contributed by atoms with Gasteiger partial charge in [0.2, 0.25) is 5.78 Å². The highest BCUT2D eigenvalue weighted by Gasteiger charge is 2.20. The molecule has 0 amide bonds. The molecule has 0 radical (unpaired) electrons. The van der Waals surface area contributed by atoms with Gasteiger partial charge in [0.05, 0.1) is 11.4 Å². The van der Waals surface area contributed by atoms with Crippen molar-refractivity contribution in [1.29, 1.82) is 0 Å². The van der Waals surface area contributed by atoms with Gasteiger partial charge in [0.15, 0.2) is 5.82 Å². The molecule has 0 aliphatic carbocycles. The molecule has 9 nitrogen and oxygen atoms in total. The summed E-state index contributed by atoms with van der Waals surface area (Å²) in [7, 11) is 0. The van der Waals surface area contributed by atoms with E-state index in [2.05, 4.69) is 24.7 Å². The fourth-order valence-electron chi connectivity index (χ4n) is 4.87. The van der Waals surface area contributed by atoms with Crippen LogP contribution in [0.4, 0.5) is 4.39 Å². The minimum absolute atomic E-state index is 0.256. The first-order valence-corrected chi connectivity index (χ1v) is 12.5. The smallest absolute Gasteiger partial charge is 0.296 e. The van der Waals surface area contributed by atoms with Gasteiger partial charge < -0.3 is 0 Å². The van der Waals surface area contributed by atoms with Gasteiger partial charge in [-0.05, 0) is 41.3 Å². The second-order valence-electron chi connectivity index (χ2n) is 9.13. The van der Waals surface area contributed by atoms with Crippen molar-refractivity contribution in [2.75, 3.05) is 0 Å². The lowest BCUT2D eigenvalue weighted by atomic mass is 9.96. The minimum atomic E-state index is -0.619. The molecule has 3 aromatic heterocycles. The highest BCUT2D eigenvalue weighted by molar-refractivity contribution is 5.80. The van der Waals surface area contributed by atoms with Crippen molar-refractivity contribution in [3.8, 4) is 28.2 Å².